The molecule has 34 heavy (non-hydrogen) atoms. The minimum atomic E-state index is -0.319. The number of hydrogen-bond donors (Lipinski definition) is 0. The lowest BCUT2D eigenvalue weighted by molar-refractivity contribution is -0.133. The lowest BCUT2D eigenvalue weighted by Gasteiger charge is -2.27. The zero-order valence-electron chi connectivity index (χ0n) is 20.0. The first kappa shape index (κ1) is 25.4. The number of amides is 2. The number of nitrogens with zero attached hydrogens (tertiary/aromatic N) is 2. The van der Waals surface area contributed by atoms with Gasteiger partial charge in [0.2, 0.25) is 5.91 Å². The van der Waals surface area contributed by atoms with Crippen molar-refractivity contribution >= 4 is 23.2 Å². The van der Waals surface area contributed by atoms with Gasteiger partial charge in [0, 0.05) is 23.5 Å². The maximum Gasteiger partial charge on any atom is 0.254 e. The van der Waals surface area contributed by atoms with Gasteiger partial charge in [0.05, 0.1) is 6.54 Å². The predicted octanol–water partition coefficient (Wildman–Crippen LogP) is 6.04. The second kappa shape index (κ2) is 11.3. The highest BCUT2D eigenvalue weighted by Gasteiger charge is 2.23. The lowest BCUT2D eigenvalue weighted by Crippen LogP contribution is -2.42. The molecule has 0 fully saturated rings. The van der Waals surface area contributed by atoms with Gasteiger partial charge >= 0.3 is 0 Å². The van der Waals surface area contributed by atoms with Crippen LogP contribution in [0.3, 0.4) is 0 Å². The third kappa shape index (κ3) is 6.87. The SMILES string of the molecule is C=CCN(CC(=O)N(Cc1ccc(F)cc1)Cc1cccs1)C(=O)c1ccc(C(C)(C)C)cc1. The fraction of sp³-hybridized carbons (Fsp3) is 0.286. The Hall–Kier alpha value is -3.25. The maximum absolute atomic E-state index is 13.4. The van der Waals surface area contributed by atoms with E-state index in [0.29, 0.717) is 18.7 Å². The second-order valence-electron chi connectivity index (χ2n) is 9.26. The molecule has 0 aliphatic heterocycles. The summed E-state index contributed by atoms with van der Waals surface area (Å²) >= 11 is 1.57. The standard InChI is InChI=1S/C28H31FN2O2S/c1-5-16-30(27(33)22-10-12-23(13-11-22)28(2,3)4)20-26(32)31(19-25-7-6-17-34-25)18-21-8-14-24(29)15-9-21/h5-15,17H,1,16,18-20H2,2-4H3. The van der Waals surface area contributed by atoms with Gasteiger partial charge in [-0.2, -0.15) is 0 Å². The Bertz CT molecular complexity index is 1100. The smallest absolute Gasteiger partial charge is 0.254 e. The van der Waals surface area contributed by atoms with Crippen LogP contribution in [-0.2, 0) is 23.3 Å². The van der Waals surface area contributed by atoms with Gasteiger partial charge in [-0.05, 0) is 52.3 Å². The zero-order chi connectivity index (χ0) is 24.7. The van der Waals surface area contributed by atoms with Crippen molar-refractivity contribution in [2.45, 2.75) is 39.3 Å². The Kier molecular flexibility index (Phi) is 8.40. The molecule has 0 aliphatic rings. The van der Waals surface area contributed by atoms with E-state index in [4.69, 9.17) is 0 Å². The van der Waals surface area contributed by atoms with Gasteiger partial charge in [-0.25, -0.2) is 4.39 Å². The van der Waals surface area contributed by atoms with Crippen LogP contribution >= 0.6 is 11.3 Å². The summed E-state index contributed by atoms with van der Waals surface area (Å²) < 4.78 is 13.4. The summed E-state index contributed by atoms with van der Waals surface area (Å²) in [7, 11) is 0. The number of carbonyl (C=O) groups is 2. The fourth-order valence-electron chi connectivity index (χ4n) is 3.57. The van der Waals surface area contributed by atoms with Crippen molar-refractivity contribution in [3.63, 3.8) is 0 Å². The van der Waals surface area contributed by atoms with E-state index in [-0.39, 0.29) is 36.1 Å². The molecule has 0 radical (unpaired) electrons. The van der Waals surface area contributed by atoms with Gasteiger partial charge in [0.25, 0.3) is 5.91 Å². The number of hydrogen-bond acceptors (Lipinski definition) is 3. The Labute approximate surface area is 205 Å². The molecule has 0 saturated carbocycles. The Balaban J connectivity index is 1.78. The minimum Gasteiger partial charge on any atom is -0.332 e. The van der Waals surface area contributed by atoms with Crippen LogP contribution in [0.15, 0.2) is 78.7 Å². The van der Waals surface area contributed by atoms with Gasteiger partial charge in [-0.1, -0.05) is 57.2 Å². The van der Waals surface area contributed by atoms with Crippen molar-refractivity contribution in [3.8, 4) is 0 Å². The van der Waals surface area contributed by atoms with Crippen LogP contribution in [0.1, 0.15) is 47.1 Å². The van der Waals surface area contributed by atoms with Crippen LogP contribution in [-0.4, -0.2) is 34.7 Å². The third-order valence-corrected chi connectivity index (χ3v) is 6.39. The molecule has 3 rings (SSSR count). The normalized spacial score (nSPS) is 11.2. The van der Waals surface area contributed by atoms with Crippen LogP contribution in [0.4, 0.5) is 4.39 Å². The maximum atomic E-state index is 13.4. The quantitative estimate of drug-likeness (QED) is 0.352. The molecule has 0 atom stereocenters. The summed E-state index contributed by atoms with van der Waals surface area (Å²) in [5.41, 5.74) is 2.48. The van der Waals surface area contributed by atoms with Crippen LogP contribution < -0.4 is 0 Å². The topological polar surface area (TPSA) is 40.6 Å². The highest BCUT2D eigenvalue weighted by molar-refractivity contribution is 7.09. The first-order valence-corrected chi connectivity index (χ1v) is 12.1. The summed E-state index contributed by atoms with van der Waals surface area (Å²) in [5, 5.41) is 1.96. The molecule has 1 aromatic heterocycles. The zero-order valence-corrected chi connectivity index (χ0v) is 20.8. The van der Waals surface area contributed by atoms with Crippen LogP contribution in [0.25, 0.3) is 0 Å². The van der Waals surface area contributed by atoms with E-state index in [1.807, 2.05) is 41.8 Å². The van der Waals surface area contributed by atoms with Crippen molar-refractivity contribution in [1.29, 1.82) is 0 Å². The monoisotopic (exact) mass is 478 g/mol. The van der Waals surface area contributed by atoms with E-state index in [2.05, 4.69) is 27.4 Å². The molecular weight excluding hydrogens is 447 g/mol. The number of carbonyl (C=O) groups excluding carboxylic acids is 2. The molecule has 3 aromatic rings. The van der Waals surface area contributed by atoms with Crippen molar-refractivity contribution in [1.82, 2.24) is 9.80 Å². The number of halogens is 1. The van der Waals surface area contributed by atoms with Gasteiger partial charge in [0.1, 0.15) is 12.4 Å². The summed E-state index contributed by atoms with van der Waals surface area (Å²) in [6, 6.07) is 17.6. The van der Waals surface area contributed by atoms with Crippen LogP contribution in [0, 0.1) is 5.82 Å². The molecule has 1 heterocycles. The van der Waals surface area contributed by atoms with E-state index < -0.39 is 0 Å². The van der Waals surface area contributed by atoms with Gasteiger partial charge in [-0.3, -0.25) is 9.59 Å². The molecule has 0 bridgehead atoms. The van der Waals surface area contributed by atoms with Crippen LogP contribution in [0.2, 0.25) is 0 Å². The molecule has 0 unspecified atom stereocenters. The molecule has 2 amide bonds. The first-order chi connectivity index (χ1) is 16.2. The molecule has 2 aromatic carbocycles. The van der Waals surface area contributed by atoms with Gasteiger partial charge in [-0.15, -0.1) is 17.9 Å². The molecule has 0 N–H and O–H groups in total. The minimum absolute atomic E-state index is 0.0129. The summed E-state index contributed by atoms with van der Waals surface area (Å²) in [6.07, 6.45) is 1.62. The molecule has 0 saturated heterocycles. The molecule has 0 aliphatic carbocycles. The summed E-state index contributed by atoms with van der Waals surface area (Å²) in [4.78, 5) is 30.9. The van der Waals surface area contributed by atoms with Crippen molar-refractivity contribution < 1.29 is 14.0 Å². The van der Waals surface area contributed by atoms with E-state index in [0.717, 1.165) is 16.0 Å². The lowest BCUT2D eigenvalue weighted by atomic mass is 9.86. The van der Waals surface area contributed by atoms with Gasteiger partial charge < -0.3 is 9.80 Å². The molecule has 4 nitrogen and oxygen atoms in total. The second-order valence-corrected chi connectivity index (χ2v) is 10.3. The van der Waals surface area contributed by atoms with Crippen LogP contribution in [0.5, 0.6) is 0 Å². The summed E-state index contributed by atoms with van der Waals surface area (Å²) in [6.45, 7) is 11.1. The van der Waals surface area contributed by atoms with Crippen molar-refractivity contribution in [3.05, 3.63) is 106 Å². The average Bonchev–Trinajstić information content (AvgIpc) is 3.32. The van der Waals surface area contributed by atoms with Gasteiger partial charge in [0.15, 0.2) is 0 Å². The van der Waals surface area contributed by atoms with E-state index >= 15 is 0 Å². The molecular formula is C28H31FN2O2S. The largest absolute Gasteiger partial charge is 0.332 e. The van der Waals surface area contributed by atoms with Crippen molar-refractivity contribution in [2.75, 3.05) is 13.1 Å². The number of benzene rings is 2. The Morgan fingerprint density at radius 2 is 1.65 bits per heavy atom. The van der Waals surface area contributed by atoms with E-state index in [1.165, 1.54) is 17.0 Å². The number of thiophene rings is 1. The van der Waals surface area contributed by atoms with Crippen molar-refractivity contribution in [2.24, 2.45) is 0 Å². The predicted molar refractivity (Wildman–Crippen MR) is 136 cm³/mol. The molecule has 178 valence electrons. The Morgan fingerprint density at radius 3 is 2.21 bits per heavy atom. The highest BCUT2D eigenvalue weighted by Crippen LogP contribution is 2.23. The summed E-state index contributed by atoms with van der Waals surface area (Å²) in [5.74, 6) is -0.717. The average molecular weight is 479 g/mol. The first-order valence-electron chi connectivity index (χ1n) is 11.2. The Morgan fingerprint density at radius 1 is 0.971 bits per heavy atom. The van der Waals surface area contributed by atoms with E-state index in [9.17, 15) is 14.0 Å². The molecule has 6 heteroatoms. The third-order valence-electron chi connectivity index (χ3n) is 5.53. The highest BCUT2D eigenvalue weighted by atomic mass is 32.1. The number of rotatable bonds is 9. The van der Waals surface area contributed by atoms with E-state index in [1.54, 1.807) is 34.4 Å². The molecule has 0 spiro atoms. The fourth-order valence-corrected chi connectivity index (χ4v) is 4.29.